The maximum Gasteiger partial charge on any atom is 0.363 e. The lowest BCUT2D eigenvalue weighted by Gasteiger charge is -2.05. The van der Waals surface area contributed by atoms with E-state index in [2.05, 4.69) is 11.1 Å². The van der Waals surface area contributed by atoms with E-state index in [0.29, 0.717) is 10.9 Å². The van der Waals surface area contributed by atoms with Gasteiger partial charge in [0.25, 0.3) is 0 Å². The molecule has 2 aromatic carbocycles. The monoisotopic (exact) mass is 397 g/mol. The molecule has 1 aromatic heterocycles. The molecule has 0 radical (unpaired) electrons. The Morgan fingerprint density at radius 3 is 2.69 bits per heavy atom. The van der Waals surface area contributed by atoms with E-state index >= 15 is 0 Å². The molecule has 0 amide bonds. The molecule has 3 nitrogen and oxygen atoms in total. The summed E-state index contributed by atoms with van der Waals surface area (Å²) >= 11 is 9.44. The number of carbonyl (C=O) groups excluding carboxylic acids is 1. The Morgan fingerprint density at radius 1 is 1.08 bits per heavy atom. The van der Waals surface area contributed by atoms with Gasteiger partial charge in [-0.25, -0.2) is 9.79 Å². The van der Waals surface area contributed by atoms with Crippen molar-refractivity contribution in [3.05, 3.63) is 87.9 Å². The Balaban J connectivity index is 1.70. The van der Waals surface area contributed by atoms with Crippen molar-refractivity contribution in [3.8, 4) is 0 Å². The minimum Gasteiger partial charge on any atom is -0.402 e. The van der Waals surface area contributed by atoms with E-state index in [0.717, 1.165) is 20.2 Å². The van der Waals surface area contributed by atoms with Crippen LogP contribution in [0.15, 0.2) is 85.8 Å². The summed E-state index contributed by atoms with van der Waals surface area (Å²) in [5.41, 5.74) is 1.86. The highest BCUT2D eigenvalue weighted by Crippen LogP contribution is 2.36. The minimum absolute atomic E-state index is 0.263. The number of esters is 1. The van der Waals surface area contributed by atoms with Crippen LogP contribution in [0, 0.1) is 0 Å². The van der Waals surface area contributed by atoms with Crippen molar-refractivity contribution in [2.75, 3.05) is 0 Å². The van der Waals surface area contributed by atoms with Crippen LogP contribution in [0.2, 0.25) is 5.02 Å². The van der Waals surface area contributed by atoms with Gasteiger partial charge in [-0.05, 0) is 53.4 Å². The number of cyclic esters (lactones) is 1. The molecule has 0 spiro atoms. The van der Waals surface area contributed by atoms with Crippen molar-refractivity contribution in [2.24, 2.45) is 4.99 Å². The highest BCUT2D eigenvalue weighted by atomic mass is 35.5. The molecule has 1 aliphatic heterocycles. The number of hydrogen-bond acceptors (Lipinski definition) is 5. The van der Waals surface area contributed by atoms with Gasteiger partial charge < -0.3 is 4.74 Å². The van der Waals surface area contributed by atoms with Gasteiger partial charge in [-0.15, -0.1) is 11.3 Å². The number of hydrogen-bond donors (Lipinski definition) is 0. The van der Waals surface area contributed by atoms with Crippen molar-refractivity contribution in [3.63, 3.8) is 0 Å². The second kappa shape index (κ2) is 7.50. The number of aliphatic imine (C=N–C) groups is 1. The topological polar surface area (TPSA) is 38.7 Å². The van der Waals surface area contributed by atoms with Gasteiger partial charge in [0, 0.05) is 15.5 Å². The van der Waals surface area contributed by atoms with Crippen molar-refractivity contribution in [2.45, 2.75) is 9.10 Å². The summed E-state index contributed by atoms with van der Waals surface area (Å²) in [6, 6.07) is 19.0. The normalized spacial score (nSPS) is 15.2. The van der Waals surface area contributed by atoms with Crippen LogP contribution in [0.5, 0.6) is 0 Å². The molecule has 0 atom stereocenters. The Bertz CT molecular complexity index is 1010. The molecule has 0 aliphatic carbocycles. The van der Waals surface area contributed by atoms with Crippen molar-refractivity contribution < 1.29 is 9.53 Å². The van der Waals surface area contributed by atoms with E-state index in [4.69, 9.17) is 16.3 Å². The first-order valence-electron chi connectivity index (χ1n) is 7.78. The number of benzene rings is 2. The zero-order valence-electron chi connectivity index (χ0n) is 13.4. The highest BCUT2D eigenvalue weighted by molar-refractivity contribution is 8.01. The van der Waals surface area contributed by atoms with E-state index in [-0.39, 0.29) is 5.70 Å². The Hall–Kier alpha value is -2.34. The maximum absolute atomic E-state index is 12.2. The summed E-state index contributed by atoms with van der Waals surface area (Å²) in [4.78, 5) is 17.6. The molecular weight excluding hydrogens is 386 g/mol. The molecule has 128 valence electrons. The van der Waals surface area contributed by atoms with E-state index in [9.17, 15) is 4.79 Å². The number of halogens is 1. The second-order valence-corrected chi connectivity index (χ2v) is 8.14. The predicted molar refractivity (Wildman–Crippen MR) is 107 cm³/mol. The number of carbonyl (C=O) groups is 1. The van der Waals surface area contributed by atoms with Crippen LogP contribution in [0.25, 0.3) is 6.08 Å². The molecule has 0 fully saturated rings. The average Bonchev–Trinajstić information content (AvgIpc) is 3.28. The van der Waals surface area contributed by atoms with Crippen LogP contribution in [0.4, 0.5) is 0 Å². The van der Waals surface area contributed by atoms with Crippen LogP contribution in [0.3, 0.4) is 0 Å². The first-order valence-corrected chi connectivity index (χ1v) is 9.85. The molecule has 0 saturated carbocycles. The van der Waals surface area contributed by atoms with E-state index in [1.807, 2.05) is 60.0 Å². The van der Waals surface area contributed by atoms with Gasteiger partial charge in [0.1, 0.15) is 0 Å². The molecule has 6 heteroatoms. The van der Waals surface area contributed by atoms with Gasteiger partial charge in [-0.3, -0.25) is 0 Å². The minimum atomic E-state index is -0.462. The van der Waals surface area contributed by atoms with E-state index in [1.54, 1.807) is 29.2 Å². The van der Waals surface area contributed by atoms with Crippen LogP contribution in [-0.4, -0.2) is 11.9 Å². The van der Waals surface area contributed by atoms with Gasteiger partial charge in [0.2, 0.25) is 5.90 Å². The van der Waals surface area contributed by atoms with Crippen LogP contribution < -0.4 is 0 Å². The SMILES string of the molecule is O=C1OC(c2ccccc2)=N/C1=C/c1cc(Cl)ccc1Sc1cccs1. The fourth-order valence-corrected chi connectivity index (χ4v) is 4.41. The van der Waals surface area contributed by atoms with Crippen molar-refractivity contribution in [1.82, 2.24) is 0 Å². The fraction of sp³-hybridized carbons (Fsp3) is 0. The Kier molecular flexibility index (Phi) is 4.93. The smallest absolute Gasteiger partial charge is 0.363 e. The van der Waals surface area contributed by atoms with Gasteiger partial charge in [0.15, 0.2) is 5.70 Å². The molecule has 2 heterocycles. The molecule has 0 bridgehead atoms. The molecule has 0 unspecified atom stereocenters. The maximum atomic E-state index is 12.2. The number of ether oxygens (including phenoxy) is 1. The molecule has 0 N–H and O–H groups in total. The van der Waals surface area contributed by atoms with Gasteiger partial charge in [-0.2, -0.15) is 0 Å². The van der Waals surface area contributed by atoms with Crippen LogP contribution >= 0.6 is 34.7 Å². The lowest BCUT2D eigenvalue weighted by atomic mass is 10.2. The average molecular weight is 398 g/mol. The van der Waals surface area contributed by atoms with Crippen LogP contribution in [0.1, 0.15) is 11.1 Å². The highest BCUT2D eigenvalue weighted by Gasteiger charge is 2.24. The van der Waals surface area contributed by atoms with Crippen molar-refractivity contribution >= 4 is 52.6 Å². The molecule has 26 heavy (non-hydrogen) atoms. The van der Waals surface area contributed by atoms with E-state index in [1.165, 1.54) is 0 Å². The third-order valence-electron chi connectivity index (χ3n) is 3.61. The summed E-state index contributed by atoms with van der Waals surface area (Å²) in [6.07, 6.45) is 1.72. The predicted octanol–water partition coefficient (Wildman–Crippen LogP) is 5.90. The lowest BCUT2D eigenvalue weighted by Crippen LogP contribution is -2.04. The summed E-state index contributed by atoms with van der Waals surface area (Å²) in [6.45, 7) is 0. The van der Waals surface area contributed by atoms with Gasteiger partial charge in [-0.1, -0.05) is 47.6 Å². The quantitative estimate of drug-likeness (QED) is 0.406. The van der Waals surface area contributed by atoms with Gasteiger partial charge in [0.05, 0.1) is 4.21 Å². The van der Waals surface area contributed by atoms with Crippen molar-refractivity contribution in [1.29, 1.82) is 0 Å². The lowest BCUT2D eigenvalue weighted by molar-refractivity contribution is -0.129. The Labute approximate surface area is 164 Å². The number of rotatable bonds is 4. The molecule has 3 aromatic rings. The first-order chi connectivity index (χ1) is 12.7. The fourth-order valence-electron chi connectivity index (χ4n) is 2.42. The van der Waals surface area contributed by atoms with E-state index < -0.39 is 5.97 Å². The first kappa shape index (κ1) is 17.1. The van der Waals surface area contributed by atoms with Crippen LogP contribution in [-0.2, 0) is 9.53 Å². The second-order valence-electron chi connectivity index (χ2n) is 5.42. The standard InChI is InChI=1S/C20H12ClNO2S2/c21-15-8-9-17(26-18-7-4-10-25-18)14(11-15)12-16-20(23)24-19(22-16)13-5-2-1-3-6-13/h1-12H/b16-12+. The summed E-state index contributed by atoms with van der Waals surface area (Å²) in [5.74, 6) is -0.146. The summed E-state index contributed by atoms with van der Waals surface area (Å²) in [5, 5.41) is 2.63. The summed E-state index contributed by atoms with van der Waals surface area (Å²) in [7, 11) is 0. The Morgan fingerprint density at radius 2 is 1.92 bits per heavy atom. The third kappa shape index (κ3) is 3.75. The zero-order chi connectivity index (χ0) is 17.9. The molecule has 1 aliphatic rings. The number of nitrogens with zero attached hydrogens (tertiary/aromatic N) is 1. The number of thiophene rings is 1. The molecular formula is C20H12ClNO2S2. The zero-order valence-corrected chi connectivity index (χ0v) is 15.8. The third-order valence-corrected chi connectivity index (χ3v) is 5.98. The largest absolute Gasteiger partial charge is 0.402 e. The summed E-state index contributed by atoms with van der Waals surface area (Å²) < 4.78 is 6.47. The molecule has 4 rings (SSSR count). The molecule has 0 saturated heterocycles. The van der Waals surface area contributed by atoms with Gasteiger partial charge >= 0.3 is 5.97 Å².